The van der Waals surface area contributed by atoms with E-state index in [1.165, 1.54) is 6.20 Å². The van der Waals surface area contributed by atoms with Gasteiger partial charge < -0.3 is 20.3 Å². The molecule has 182 valence electrons. The second-order valence-electron chi connectivity index (χ2n) is 10.1. The Labute approximate surface area is 202 Å². The minimum Gasteiger partial charge on any atom is -0.619 e. The normalized spacial score (nSPS) is 19.0. The number of benzene rings is 1. The molecule has 2 aliphatic rings. The van der Waals surface area contributed by atoms with Crippen LogP contribution in [-0.4, -0.2) is 47.8 Å². The van der Waals surface area contributed by atoms with E-state index in [0.29, 0.717) is 6.54 Å². The van der Waals surface area contributed by atoms with Crippen LogP contribution < -0.4 is 10.0 Å². The Bertz CT molecular complexity index is 986. The Kier molecular flexibility index (Phi) is 7.51. The molecular weight excluding hydrogens is 428 g/mol. The van der Waals surface area contributed by atoms with E-state index >= 15 is 0 Å². The van der Waals surface area contributed by atoms with Crippen molar-refractivity contribution < 1.29 is 14.3 Å². The van der Waals surface area contributed by atoms with Crippen molar-refractivity contribution in [2.75, 3.05) is 26.2 Å². The van der Waals surface area contributed by atoms with Gasteiger partial charge in [0.2, 0.25) is 11.8 Å². The maximum absolute atomic E-state index is 13.3. The molecular formula is C27H36N4O3. The average Bonchev–Trinajstić information content (AvgIpc) is 3.13. The molecule has 1 spiro atoms. The van der Waals surface area contributed by atoms with Crippen LogP contribution >= 0.6 is 0 Å². The molecule has 7 nitrogen and oxygen atoms in total. The van der Waals surface area contributed by atoms with Gasteiger partial charge in [-0.15, -0.1) is 0 Å². The maximum Gasteiger partial charge on any atom is 0.229 e. The highest BCUT2D eigenvalue weighted by Gasteiger charge is 2.47. The summed E-state index contributed by atoms with van der Waals surface area (Å²) in [6, 6.07) is 13.8. The molecule has 4 rings (SSSR count). The monoisotopic (exact) mass is 464 g/mol. The molecule has 1 aromatic carbocycles. The van der Waals surface area contributed by atoms with Crippen molar-refractivity contribution >= 4 is 11.8 Å². The zero-order valence-corrected chi connectivity index (χ0v) is 20.3. The number of hydrogen-bond acceptors (Lipinski definition) is 4. The second-order valence-corrected chi connectivity index (χ2v) is 10.1. The first-order chi connectivity index (χ1) is 16.4. The van der Waals surface area contributed by atoms with Gasteiger partial charge in [0.1, 0.15) is 0 Å². The lowest BCUT2D eigenvalue weighted by Crippen LogP contribution is -2.45. The van der Waals surface area contributed by atoms with E-state index in [1.807, 2.05) is 43.0 Å². The number of carbonyl (C=O) groups excluding carboxylic acids is 2. The van der Waals surface area contributed by atoms with Gasteiger partial charge >= 0.3 is 0 Å². The Hall–Kier alpha value is -2.93. The average molecular weight is 465 g/mol. The highest BCUT2D eigenvalue weighted by Crippen LogP contribution is 2.42. The topological polar surface area (TPSA) is 79.6 Å². The molecule has 1 aromatic heterocycles. The lowest BCUT2D eigenvalue weighted by atomic mass is 9.77. The summed E-state index contributed by atoms with van der Waals surface area (Å²) in [4.78, 5) is 30.0. The third kappa shape index (κ3) is 5.58. The van der Waals surface area contributed by atoms with Gasteiger partial charge in [0, 0.05) is 30.6 Å². The molecule has 0 unspecified atom stereocenters. The summed E-state index contributed by atoms with van der Waals surface area (Å²) in [5.41, 5.74) is 1.74. The molecule has 2 aliphatic heterocycles. The van der Waals surface area contributed by atoms with E-state index in [1.54, 1.807) is 12.3 Å². The summed E-state index contributed by atoms with van der Waals surface area (Å²) >= 11 is 0. The Morgan fingerprint density at radius 3 is 2.47 bits per heavy atom. The van der Waals surface area contributed by atoms with Crippen LogP contribution in [0, 0.1) is 16.5 Å². The summed E-state index contributed by atoms with van der Waals surface area (Å²) in [7, 11) is 0. The number of aromatic nitrogens is 1. The lowest BCUT2D eigenvalue weighted by Gasteiger charge is -2.38. The standard InChI is InChI=1S/C27H36N4O3/c1-21(2)25(32)28-24(23-8-4-3-5-9-23)10-15-29-16-11-27(12-17-29)13-18-30(26(27)33)19-22-7-6-14-31(34)20-22/h3-9,14,20-21,24H,10-13,15-19H2,1-2H3,(H,28,32)/t24-/m0/s1. The van der Waals surface area contributed by atoms with Crippen LogP contribution in [0.25, 0.3) is 0 Å². The van der Waals surface area contributed by atoms with Crippen LogP contribution in [-0.2, 0) is 16.1 Å². The number of nitrogens with zero attached hydrogens (tertiary/aromatic N) is 3. The number of carbonyl (C=O) groups is 2. The van der Waals surface area contributed by atoms with Crippen molar-refractivity contribution in [1.29, 1.82) is 0 Å². The van der Waals surface area contributed by atoms with Gasteiger partial charge in [-0.1, -0.05) is 44.2 Å². The lowest BCUT2D eigenvalue weighted by molar-refractivity contribution is -0.605. The highest BCUT2D eigenvalue weighted by molar-refractivity contribution is 5.85. The summed E-state index contributed by atoms with van der Waals surface area (Å²) in [6.45, 7) is 7.76. The van der Waals surface area contributed by atoms with Gasteiger partial charge in [0.25, 0.3) is 0 Å². The number of piperidine rings is 1. The number of rotatable bonds is 8. The van der Waals surface area contributed by atoms with Gasteiger partial charge in [-0.25, -0.2) is 0 Å². The van der Waals surface area contributed by atoms with Crippen molar-refractivity contribution in [1.82, 2.24) is 15.1 Å². The van der Waals surface area contributed by atoms with Gasteiger partial charge in [0.05, 0.1) is 18.0 Å². The molecule has 3 heterocycles. The predicted molar refractivity (Wildman–Crippen MR) is 130 cm³/mol. The maximum atomic E-state index is 13.3. The number of nitrogens with one attached hydrogen (secondary N) is 1. The fraction of sp³-hybridized carbons (Fsp3) is 0.519. The van der Waals surface area contributed by atoms with Crippen LogP contribution in [0.2, 0.25) is 0 Å². The van der Waals surface area contributed by atoms with Crippen LogP contribution in [0.1, 0.15) is 56.7 Å². The molecule has 34 heavy (non-hydrogen) atoms. The third-order valence-electron chi connectivity index (χ3n) is 7.40. The number of amides is 2. The van der Waals surface area contributed by atoms with Crippen LogP contribution in [0.3, 0.4) is 0 Å². The third-order valence-corrected chi connectivity index (χ3v) is 7.40. The number of likely N-dealkylation sites (tertiary alicyclic amines) is 2. The molecule has 2 amide bonds. The summed E-state index contributed by atoms with van der Waals surface area (Å²) in [5, 5.41) is 14.8. The molecule has 0 bridgehead atoms. The van der Waals surface area contributed by atoms with Gasteiger partial charge in [-0.2, -0.15) is 4.73 Å². The number of pyridine rings is 1. The van der Waals surface area contributed by atoms with Crippen molar-refractivity contribution in [2.24, 2.45) is 11.3 Å². The Morgan fingerprint density at radius 2 is 1.79 bits per heavy atom. The molecule has 0 radical (unpaired) electrons. The van der Waals surface area contributed by atoms with Crippen LogP contribution in [0.15, 0.2) is 54.9 Å². The largest absolute Gasteiger partial charge is 0.619 e. The van der Waals surface area contributed by atoms with E-state index in [2.05, 4.69) is 22.3 Å². The van der Waals surface area contributed by atoms with Gasteiger partial charge in [-0.05, 0) is 50.4 Å². The SMILES string of the molecule is CC(C)C(=O)N[C@@H](CCN1CCC2(CC1)CCN(Cc1ccc[n+]([O-])c1)C2=O)c1ccccc1. The van der Waals surface area contributed by atoms with Crippen molar-refractivity contribution in [2.45, 2.75) is 52.1 Å². The molecule has 2 fully saturated rings. The van der Waals surface area contributed by atoms with E-state index in [-0.39, 0.29) is 29.2 Å². The first-order valence-corrected chi connectivity index (χ1v) is 12.4. The minimum absolute atomic E-state index is 0.00904. The first kappa shape index (κ1) is 24.2. The molecule has 0 saturated carbocycles. The summed E-state index contributed by atoms with van der Waals surface area (Å²) < 4.78 is 0.788. The zero-order chi connectivity index (χ0) is 24.1. The number of hydrogen-bond donors (Lipinski definition) is 1. The van der Waals surface area contributed by atoms with Crippen molar-refractivity contribution in [3.63, 3.8) is 0 Å². The highest BCUT2D eigenvalue weighted by atomic mass is 16.5. The molecule has 1 atom stereocenters. The van der Waals surface area contributed by atoms with Gasteiger partial charge in [0.15, 0.2) is 12.4 Å². The minimum atomic E-state index is -0.261. The zero-order valence-electron chi connectivity index (χ0n) is 20.3. The van der Waals surface area contributed by atoms with E-state index in [4.69, 9.17) is 0 Å². The smallest absolute Gasteiger partial charge is 0.229 e. The van der Waals surface area contributed by atoms with Crippen LogP contribution in [0.4, 0.5) is 0 Å². The first-order valence-electron chi connectivity index (χ1n) is 12.4. The van der Waals surface area contributed by atoms with E-state index in [9.17, 15) is 14.8 Å². The summed E-state index contributed by atoms with van der Waals surface area (Å²) in [6.07, 6.45) is 6.48. The van der Waals surface area contributed by atoms with Crippen molar-refractivity contribution in [3.8, 4) is 0 Å². The van der Waals surface area contributed by atoms with Crippen molar-refractivity contribution in [3.05, 3.63) is 71.2 Å². The van der Waals surface area contributed by atoms with E-state index in [0.717, 1.165) is 67.7 Å². The molecule has 1 N–H and O–H groups in total. The Morgan fingerprint density at radius 1 is 1.09 bits per heavy atom. The van der Waals surface area contributed by atoms with Crippen LogP contribution in [0.5, 0.6) is 0 Å². The fourth-order valence-corrected chi connectivity index (χ4v) is 5.18. The molecule has 2 aromatic rings. The van der Waals surface area contributed by atoms with E-state index < -0.39 is 0 Å². The molecule has 2 saturated heterocycles. The van der Waals surface area contributed by atoms with Gasteiger partial charge in [-0.3, -0.25) is 9.59 Å². The molecule has 0 aliphatic carbocycles. The predicted octanol–water partition coefficient (Wildman–Crippen LogP) is 3.04. The molecule has 7 heteroatoms. The fourth-order valence-electron chi connectivity index (χ4n) is 5.18. The quantitative estimate of drug-likeness (QED) is 0.481. The Balaban J connectivity index is 1.31. The second kappa shape index (κ2) is 10.6. The summed E-state index contributed by atoms with van der Waals surface area (Å²) in [5.74, 6) is 0.260.